The van der Waals surface area contributed by atoms with Crippen molar-refractivity contribution in [3.8, 4) is 11.8 Å². The van der Waals surface area contributed by atoms with Gasteiger partial charge < -0.3 is 19.7 Å². The average molecular weight is 363 g/mol. The van der Waals surface area contributed by atoms with Crippen LogP contribution in [0.3, 0.4) is 0 Å². The topological polar surface area (TPSA) is 76.6 Å². The van der Waals surface area contributed by atoms with Gasteiger partial charge in [-0.25, -0.2) is 14.8 Å². The first-order chi connectivity index (χ1) is 12.2. The van der Waals surface area contributed by atoms with Gasteiger partial charge in [-0.3, -0.25) is 0 Å². The van der Waals surface area contributed by atoms with Crippen molar-refractivity contribution in [2.24, 2.45) is 0 Å². The Morgan fingerprint density at radius 3 is 2.72 bits per heavy atom. The van der Waals surface area contributed by atoms with Crippen LogP contribution < -0.4 is 14.8 Å². The Bertz CT molecular complexity index is 726. The van der Waals surface area contributed by atoms with Gasteiger partial charge in [-0.15, -0.1) is 0 Å². The highest BCUT2D eigenvalue weighted by Crippen LogP contribution is 2.23. The zero-order valence-electron chi connectivity index (χ0n) is 13.8. The molecule has 132 valence electrons. The van der Waals surface area contributed by atoms with Gasteiger partial charge in [-0.1, -0.05) is 23.7 Å². The van der Waals surface area contributed by atoms with E-state index < -0.39 is 0 Å². The fourth-order valence-corrected chi connectivity index (χ4v) is 2.72. The van der Waals surface area contributed by atoms with Gasteiger partial charge in [0.2, 0.25) is 0 Å². The molecule has 1 unspecified atom stereocenters. The molecule has 1 saturated heterocycles. The number of hydrogen-bond acceptors (Lipinski definition) is 5. The normalized spacial score (nSPS) is 16.6. The molecule has 3 rings (SSSR count). The molecule has 0 spiro atoms. The molecule has 0 bridgehead atoms. The first-order valence-electron chi connectivity index (χ1n) is 7.94. The summed E-state index contributed by atoms with van der Waals surface area (Å²) >= 11 is 5.85. The van der Waals surface area contributed by atoms with E-state index in [1.54, 1.807) is 23.2 Å². The van der Waals surface area contributed by atoms with Crippen molar-refractivity contribution in [3.05, 3.63) is 47.2 Å². The number of methoxy groups -OCH3 is 1. The van der Waals surface area contributed by atoms with Gasteiger partial charge in [0.25, 0.3) is 11.8 Å². The number of carbonyl (C=O) groups is 1. The number of amides is 2. The van der Waals surface area contributed by atoms with Crippen LogP contribution in [-0.2, 0) is 6.54 Å². The third-order valence-corrected chi connectivity index (χ3v) is 4.15. The van der Waals surface area contributed by atoms with E-state index in [1.165, 1.54) is 13.3 Å². The number of likely N-dealkylation sites (tertiary alicyclic amines) is 1. The van der Waals surface area contributed by atoms with E-state index in [2.05, 4.69) is 15.3 Å². The summed E-state index contributed by atoms with van der Waals surface area (Å²) in [5.74, 6) is 0.687. The minimum absolute atomic E-state index is 0.118. The lowest BCUT2D eigenvalue weighted by atomic mass is 10.2. The van der Waals surface area contributed by atoms with Crippen LogP contribution in [0.4, 0.5) is 4.79 Å². The van der Waals surface area contributed by atoms with Crippen molar-refractivity contribution < 1.29 is 14.3 Å². The summed E-state index contributed by atoms with van der Waals surface area (Å²) in [4.78, 5) is 22.2. The maximum Gasteiger partial charge on any atom is 0.317 e. The first kappa shape index (κ1) is 17.3. The summed E-state index contributed by atoms with van der Waals surface area (Å²) in [5.41, 5.74) is 0.994. The van der Waals surface area contributed by atoms with E-state index in [-0.39, 0.29) is 12.1 Å². The number of ether oxygens (including phenoxy) is 2. The maximum absolute atomic E-state index is 12.3. The highest BCUT2D eigenvalue weighted by Gasteiger charge is 2.28. The van der Waals surface area contributed by atoms with Gasteiger partial charge in [-0.05, 0) is 17.7 Å². The fourth-order valence-electron chi connectivity index (χ4n) is 2.59. The summed E-state index contributed by atoms with van der Waals surface area (Å²) in [5, 5.41) is 3.58. The Labute approximate surface area is 150 Å². The molecule has 8 heteroatoms. The van der Waals surface area contributed by atoms with Gasteiger partial charge in [0.15, 0.2) is 0 Å². The molecule has 0 aliphatic carbocycles. The lowest BCUT2D eigenvalue weighted by molar-refractivity contribution is 0.177. The summed E-state index contributed by atoms with van der Waals surface area (Å²) in [6.07, 6.45) is 3.68. The standard InChI is InChI=1S/C17H19ClN4O3/c1-24-15-16(20-8-7-19-15)25-14-6-9-22(11-14)17(23)21-10-12-2-4-13(18)5-3-12/h2-5,7-8,14H,6,9-11H2,1H3,(H,21,23). The fraction of sp³-hybridized carbons (Fsp3) is 0.353. The third kappa shape index (κ3) is 4.51. The van der Waals surface area contributed by atoms with Crippen LogP contribution in [0.15, 0.2) is 36.7 Å². The minimum Gasteiger partial charge on any atom is -0.477 e. The highest BCUT2D eigenvalue weighted by molar-refractivity contribution is 6.30. The number of halogens is 1. The maximum atomic E-state index is 12.3. The molecule has 1 aliphatic rings. The Morgan fingerprint density at radius 1 is 1.28 bits per heavy atom. The van der Waals surface area contributed by atoms with Crippen molar-refractivity contribution in [3.63, 3.8) is 0 Å². The molecule has 25 heavy (non-hydrogen) atoms. The van der Waals surface area contributed by atoms with E-state index >= 15 is 0 Å². The van der Waals surface area contributed by atoms with E-state index in [4.69, 9.17) is 21.1 Å². The van der Waals surface area contributed by atoms with Crippen LogP contribution in [0.1, 0.15) is 12.0 Å². The second-order valence-electron chi connectivity index (χ2n) is 5.63. The Hall–Kier alpha value is -2.54. The molecule has 1 aliphatic heterocycles. The lowest BCUT2D eigenvalue weighted by Gasteiger charge is -2.18. The van der Waals surface area contributed by atoms with Crippen molar-refractivity contribution in [1.82, 2.24) is 20.2 Å². The molecule has 1 atom stereocenters. The van der Waals surface area contributed by atoms with E-state index in [9.17, 15) is 4.79 Å². The number of hydrogen-bond donors (Lipinski definition) is 1. The molecule has 0 saturated carbocycles. The predicted molar refractivity (Wildman–Crippen MR) is 92.9 cm³/mol. The van der Waals surface area contributed by atoms with Crippen molar-refractivity contribution in [2.45, 2.75) is 19.1 Å². The Morgan fingerprint density at radius 2 is 2.00 bits per heavy atom. The van der Waals surface area contributed by atoms with Crippen molar-refractivity contribution >= 4 is 17.6 Å². The second kappa shape index (κ2) is 8.02. The number of nitrogens with zero attached hydrogens (tertiary/aromatic N) is 3. The van der Waals surface area contributed by atoms with Crippen LogP contribution in [-0.4, -0.2) is 47.2 Å². The third-order valence-electron chi connectivity index (χ3n) is 3.89. The number of rotatable bonds is 5. The van der Waals surface area contributed by atoms with Crippen LogP contribution in [0, 0.1) is 0 Å². The Balaban J connectivity index is 1.50. The smallest absolute Gasteiger partial charge is 0.317 e. The summed E-state index contributed by atoms with van der Waals surface area (Å²) < 4.78 is 10.9. The molecule has 1 aromatic heterocycles. The zero-order valence-corrected chi connectivity index (χ0v) is 14.6. The van der Waals surface area contributed by atoms with Crippen molar-refractivity contribution in [2.75, 3.05) is 20.2 Å². The SMILES string of the molecule is COc1nccnc1OC1CCN(C(=O)NCc2ccc(Cl)cc2)C1. The van der Waals surface area contributed by atoms with Crippen molar-refractivity contribution in [1.29, 1.82) is 0 Å². The summed E-state index contributed by atoms with van der Waals surface area (Å²) in [6.45, 7) is 1.57. The predicted octanol–water partition coefficient (Wildman–Crippen LogP) is 2.50. The minimum atomic E-state index is -0.133. The first-order valence-corrected chi connectivity index (χ1v) is 8.32. The molecule has 7 nitrogen and oxygen atoms in total. The quantitative estimate of drug-likeness (QED) is 0.884. The molecule has 2 heterocycles. The van der Waals surface area contributed by atoms with E-state index in [1.807, 2.05) is 12.1 Å². The van der Waals surface area contributed by atoms with Crippen LogP contribution in [0.5, 0.6) is 11.8 Å². The summed E-state index contributed by atoms with van der Waals surface area (Å²) in [7, 11) is 1.52. The number of carbonyl (C=O) groups excluding carboxylic acids is 1. The van der Waals surface area contributed by atoms with Gasteiger partial charge >= 0.3 is 6.03 Å². The molecular weight excluding hydrogens is 344 g/mol. The Kier molecular flexibility index (Phi) is 5.55. The molecule has 2 amide bonds. The van der Waals surface area contributed by atoms with E-state index in [0.717, 1.165) is 12.0 Å². The molecular formula is C17H19ClN4O3. The number of urea groups is 1. The van der Waals surface area contributed by atoms with Gasteiger partial charge in [0.05, 0.1) is 13.7 Å². The monoisotopic (exact) mass is 362 g/mol. The van der Waals surface area contributed by atoms with Gasteiger partial charge in [-0.2, -0.15) is 0 Å². The van der Waals surface area contributed by atoms with Gasteiger partial charge in [0.1, 0.15) is 6.10 Å². The van der Waals surface area contributed by atoms with Crippen LogP contribution in [0.25, 0.3) is 0 Å². The highest BCUT2D eigenvalue weighted by atomic mass is 35.5. The molecule has 2 aromatic rings. The molecule has 1 aromatic carbocycles. The van der Waals surface area contributed by atoms with Crippen LogP contribution in [0.2, 0.25) is 5.02 Å². The number of nitrogens with one attached hydrogen (secondary N) is 1. The number of benzene rings is 1. The second-order valence-corrected chi connectivity index (χ2v) is 6.07. The van der Waals surface area contributed by atoms with Crippen LogP contribution >= 0.6 is 11.6 Å². The zero-order chi connectivity index (χ0) is 17.6. The molecule has 1 N–H and O–H groups in total. The largest absolute Gasteiger partial charge is 0.477 e. The number of aromatic nitrogens is 2. The average Bonchev–Trinajstić information content (AvgIpc) is 3.10. The molecule has 0 radical (unpaired) electrons. The molecule has 1 fully saturated rings. The lowest BCUT2D eigenvalue weighted by Crippen LogP contribution is -2.39. The summed E-state index contributed by atoms with van der Waals surface area (Å²) in [6, 6.07) is 7.26. The van der Waals surface area contributed by atoms with Gasteiger partial charge in [0, 0.05) is 36.9 Å². The van der Waals surface area contributed by atoms with E-state index in [0.29, 0.717) is 36.4 Å².